The van der Waals surface area contributed by atoms with E-state index in [0.717, 1.165) is 24.2 Å². The van der Waals surface area contributed by atoms with Gasteiger partial charge in [-0.2, -0.15) is 5.10 Å². The SMILES string of the molecule is CC(OCc1ccccc1)C(=O)NCCc1n[nH]c(=S)n1C1CC1. The van der Waals surface area contributed by atoms with Crippen LogP contribution in [0.1, 0.15) is 37.2 Å². The molecule has 1 atom stereocenters. The van der Waals surface area contributed by atoms with Crippen molar-refractivity contribution in [2.45, 2.75) is 44.9 Å². The first kappa shape index (κ1) is 16.9. The number of nitrogens with zero attached hydrogens (tertiary/aromatic N) is 2. The lowest BCUT2D eigenvalue weighted by molar-refractivity contribution is -0.132. The number of hydrogen-bond donors (Lipinski definition) is 2. The summed E-state index contributed by atoms with van der Waals surface area (Å²) in [5.41, 5.74) is 1.05. The second kappa shape index (κ2) is 7.72. The van der Waals surface area contributed by atoms with Crippen LogP contribution in [0.5, 0.6) is 0 Å². The van der Waals surface area contributed by atoms with E-state index in [2.05, 4.69) is 20.1 Å². The van der Waals surface area contributed by atoms with Gasteiger partial charge < -0.3 is 14.6 Å². The molecule has 1 amide bonds. The van der Waals surface area contributed by atoms with Gasteiger partial charge in [0.05, 0.1) is 6.61 Å². The molecule has 0 radical (unpaired) electrons. The Bertz CT molecular complexity index is 737. The van der Waals surface area contributed by atoms with E-state index in [0.29, 0.717) is 30.4 Å². The smallest absolute Gasteiger partial charge is 0.248 e. The summed E-state index contributed by atoms with van der Waals surface area (Å²) < 4.78 is 8.34. The molecule has 2 N–H and O–H groups in total. The van der Waals surface area contributed by atoms with Crippen molar-refractivity contribution in [2.75, 3.05) is 6.54 Å². The van der Waals surface area contributed by atoms with E-state index in [4.69, 9.17) is 17.0 Å². The summed E-state index contributed by atoms with van der Waals surface area (Å²) >= 11 is 5.25. The number of amides is 1. The third kappa shape index (κ3) is 4.30. The number of H-pyrrole nitrogens is 1. The Balaban J connectivity index is 1.43. The zero-order chi connectivity index (χ0) is 16.9. The largest absolute Gasteiger partial charge is 0.364 e. The molecule has 1 aliphatic rings. The van der Waals surface area contributed by atoms with Crippen molar-refractivity contribution < 1.29 is 9.53 Å². The maximum atomic E-state index is 12.1. The van der Waals surface area contributed by atoms with Crippen LogP contribution in [0.3, 0.4) is 0 Å². The van der Waals surface area contributed by atoms with Crippen molar-refractivity contribution >= 4 is 18.1 Å². The Morgan fingerprint density at radius 1 is 1.46 bits per heavy atom. The summed E-state index contributed by atoms with van der Waals surface area (Å²) in [5.74, 6) is 0.790. The van der Waals surface area contributed by atoms with Crippen LogP contribution in [0.4, 0.5) is 0 Å². The lowest BCUT2D eigenvalue weighted by Gasteiger charge is -2.13. The minimum Gasteiger partial charge on any atom is -0.364 e. The zero-order valence-corrected chi connectivity index (χ0v) is 14.5. The lowest BCUT2D eigenvalue weighted by atomic mass is 10.2. The number of aromatic amines is 1. The number of hydrogen-bond acceptors (Lipinski definition) is 4. The Labute approximate surface area is 146 Å². The molecule has 1 heterocycles. The predicted octanol–water partition coefficient (Wildman–Crippen LogP) is 2.54. The van der Waals surface area contributed by atoms with Crippen LogP contribution in [0, 0.1) is 4.77 Å². The van der Waals surface area contributed by atoms with Crippen LogP contribution in [0.2, 0.25) is 0 Å². The highest BCUT2D eigenvalue weighted by atomic mass is 32.1. The first-order chi connectivity index (χ1) is 11.6. The van der Waals surface area contributed by atoms with Gasteiger partial charge in [-0.1, -0.05) is 30.3 Å². The highest BCUT2D eigenvalue weighted by Crippen LogP contribution is 2.35. The average Bonchev–Trinajstić information content (AvgIpc) is 3.37. The van der Waals surface area contributed by atoms with Gasteiger partial charge in [0.2, 0.25) is 5.91 Å². The lowest BCUT2D eigenvalue weighted by Crippen LogP contribution is -2.35. The molecule has 3 rings (SSSR count). The summed E-state index contributed by atoms with van der Waals surface area (Å²) in [7, 11) is 0. The summed E-state index contributed by atoms with van der Waals surface area (Å²) in [6, 6.07) is 10.3. The summed E-state index contributed by atoms with van der Waals surface area (Å²) in [5, 5.41) is 9.99. The second-order valence-electron chi connectivity index (χ2n) is 6.03. The van der Waals surface area contributed by atoms with E-state index in [-0.39, 0.29) is 5.91 Å². The van der Waals surface area contributed by atoms with Gasteiger partial charge in [-0.25, -0.2) is 0 Å². The van der Waals surface area contributed by atoms with E-state index in [1.807, 2.05) is 30.3 Å². The van der Waals surface area contributed by atoms with Crippen molar-refractivity contribution in [3.05, 3.63) is 46.5 Å². The van der Waals surface area contributed by atoms with Gasteiger partial charge in [0.1, 0.15) is 11.9 Å². The van der Waals surface area contributed by atoms with Crippen LogP contribution >= 0.6 is 12.2 Å². The van der Waals surface area contributed by atoms with Crippen LogP contribution in [-0.4, -0.2) is 33.3 Å². The van der Waals surface area contributed by atoms with E-state index in [9.17, 15) is 4.79 Å². The summed E-state index contributed by atoms with van der Waals surface area (Å²) in [4.78, 5) is 12.1. The van der Waals surface area contributed by atoms with Gasteiger partial charge in [0, 0.05) is 19.0 Å². The molecule has 1 aromatic heterocycles. The van der Waals surface area contributed by atoms with Crippen molar-refractivity contribution in [1.82, 2.24) is 20.1 Å². The standard InChI is InChI=1S/C17H22N4O2S/c1-12(23-11-13-5-3-2-4-6-13)16(22)18-10-9-15-19-20-17(24)21(15)14-7-8-14/h2-6,12,14H,7-11H2,1H3,(H,18,22)(H,20,24). The first-order valence-electron chi connectivity index (χ1n) is 8.24. The Kier molecular flexibility index (Phi) is 5.42. The van der Waals surface area contributed by atoms with Crippen molar-refractivity contribution in [1.29, 1.82) is 0 Å². The van der Waals surface area contributed by atoms with E-state index in [1.54, 1.807) is 6.92 Å². The Hall–Kier alpha value is -1.99. The molecular weight excluding hydrogens is 324 g/mol. The molecule has 1 aromatic carbocycles. The number of carbonyl (C=O) groups excluding carboxylic acids is 1. The van der Waals surface area contributed by atoms with Gasteiger partial charge in [-0.15, -0.1) is 0 Å². The molecule has 2 aromatic rings. The molecule has 24 heavy (non-hydrogen) atoms. The first-order valence-corrected chi connectivity index (χ1v) is 8.65. The predicted molar refractivity (Wildman–Crippen MR) is 93.1 cm³/mol. The topological polar surface area (TPSA) is 71.9 Å². The number of ether oxygens (including phenoxy) is 1. The van der Waals surface area contributed by atoms with Gasteiger partial charge >= 0.3 is 0 Å². The quantitative estimate of drug-likeness (QED) is 0.721. The Morgan fingerprint density at radius 2 is 2.21 bits per heavy atom. The molecule has 0 aliphatic heterocycles. The monoisotopic (exact) mass is 346 g/mol. The molecule has 0 bridgehead atoms. The van der Waals surface area contributed by atoms with Gasteiger partial charge in [-0.3, -0.25) is 9.89 Å². The molecule has 6 nitrogen and oxygen atoms in total. The Morgan fingerprint density at radius 3 is 2.92 bits per heavy atom. The van der Waals surface area contributed by atoms with Crippen LogP contribution in [-0.2, 0) is 22.6 Å². The minimum atomic E-state index is -0.491. The maximum absolute atomic E-state index is 12.1. The molecule has 0 saturated heterocycles. The third-order valence-electron chi connectivity index (χ3n) is 4.05. The number of benzene rings is 1. The van der Waals surface area contributed by atoms with Gasteiger partial charge in [0.15, 0.2) is 4.77 Å². The number of carbonyl (C=O) groups is 1. The maximum Gasteiger partial charge on any atom is 0.248 e. The van der Waals surface area contributed by atoms with Crippen LogP contribution in [0.15, 0.2) is 30.3 Å². The fraction of sp³-hybridized carbons (Fsp3) is 0.471. The molecule has 0 spiro atoms. The van der Waals surface area contributed by atoms with Crippen molar-refractivity contribution in [2.24, 2.45) is 0 Å². The fourth-order valence-corrected chi connectivity index (χ4v) is 2.84. The summed E-state index contributed by atoms with van der Waals surface area (Å²) in [6.45, 7) is 2.71. The second-order valence-corrected chi connectivity index (χ2v) is 6.41. The van der Waals surface area contributed by atoms with Crippen molar-refractivity contribution in [3.63, 3.8) is 0 Å². The van der Waals surface area contributed by atoms with Crippen LogP contribution in [0.25, 0.3) is 0 Å². The van der Waals surface area contributed by atoms with Crippen LogP contribution < -0.4 is 5.32 Å². The highest BCUT2D eigenvalue weighted by molar-refractivity contribution is 7.71. The van der Waals surface area contributed by atoms with E-state index >= 15 is 0 Å². The fourth-order valence-electron chi connectivity index (χ4n) is 2.54. The van der Waals surface area contributed by atoms with Gasteiger partial charge in [0.25, 0.3) is 0 Å². The molecular formula is C17H22N4O2S. The number of aromatic nitrogens is 3. The third-order valence-corrected chi connectivity index (χ3v) is 4.34. The van der Waals surface area contributed by atoms with Gasteiger partial charge in [-0.05, 0) is 37.5 Å². The average molecular weight is 346 g/mol. The molecule has 1 aliphatic carbocycles. The molecule has 1 fully saturated rings. The normalized spacial score (nSPS) is 15.2. The van der Waals surface area contributed by atoms with E-state index < -0.39 is 6.10 Å². The van der Waals surface area contributed by atoms with E-state index in [1.165, 1.54) is 0 Å². The minimum absolute atomic E-state index is 0.113. The molecule has 128 valence electrons. The summed E-state index contributed by atoms with van der Waals surface area (Å²) in [6.07, 6.45) is 2.46. The molecule has 1 unspecified atom stereocenters. The highest BCUT2D eigenvalue weighted by Gasteiger charge is 2.27. The zero-order valence-electron chi connectivity index (χ0n) is 13.7. The van der Waals surface area contributed by atoms with Crippen molar-refractivity contribution in [3.8, 4) is 0 Å². The molecule has 7 heteroatoms. The molecule has 1 saturated carbocycles. The number of rotatable bonds is 8. The number of nitrogens with one attached hydrogen (secondary N) is 2.